The van der Waals surface area contributed by atoms with Crippen LogP contribution in [-0.2, 0) is 0 Å². The van der Waals surface area contributed by atoms with E-state index in [9.17, 15) is 9.59 Å². The Morgan fingerprint density at radius 2 is 1.82 bits per heavy atom. The van der Waals surface area contributed by atoms with Gasteiger partial charge >= 0.3 is 12.1 Å². The summed E-state index contributed by atoms with van der Waals surface area (Å²) in [7, 11) is 2.10. The van der Waals surface area contributed by atoms with E-state index >= 15 is 0 Å². The maximum absolute atomic E-state index is 13.1. The van der Waals surface area contributed by atoms with Crippen molar-refractivity contribution in [2.75, 3.05) is 38.1 Å². The maximum Gasteiger partial charge on any atom is 0.330 e. The summed E-state index contributed by atoms with van der Waals surface area (Å²) in [6, 6.07) is 15.0. The Kier molecular flexibility index (Phi) is 7.47. The van der Waals surface area contributed by atoms with Gasteiger partial charge in [0.05, 0.1) is 6.04 Å². The van der Waals surface area contributed by atoms with Gasteiger partial charge in [0, 0.05) is 44.1 Å². The average molecular weight is 463 g/mol. The van der Waals surface area contributed by atoms with Gasteiger partial charge in [-0.2, -0.15) is 0 Å². The molecule has 8 nitrogen and oxygen atoms in total. The first-order chi connectivity index (χ1) is 16.5. The average Bonchev–Trinajstić information content (AvgIpc) is 2.87. The fourth-order valence-electron chi connectivity index (χ4n) is 4.76. The first kappa shape index (κ1) is 23.8. The molecule has 0 bridgehead atoms. The predicted molar refractivity (Wildman–Crippen MR) is 133 cm³/mol. The first-order valence-corrected chi connectivity index (χ1v) is 11.9. The van der Waals surface area contributed by atoms with Crippen LogP contribution in [0, 0.1) is 0 Å². The molecule has 1 fully saturated rings. The lowest BCUT2D eigenvalue weighted by Gasteiger charge is -2.38. The van der Waals surface area contributed by atoms with Crippen LogP contribution >= 0.6 is 0 Å². The molecule has 4 amide bonds. The van der Waals surface area contributed by atoms with Crippen molar-refractivity contribution in [3.63, 3.8) is 0 Å². The van der Waals surface area contributed by atoms with E-state index in [2.05, 4.69) is 38.5 Å². The number of nitrogens with zero attached hydrogens (tertiary/aromatic N) is 4. The Labute approximate surface area is 201 Å². The number of carbonyl (C=O) groups excluding carboxylic acids is 2. The molecule has 0 radical (unpaired) electrons. The number of carbonyl (C=O) groups is 2. The zero-order valence-electron chi connectivity index (χ0n) is 20.2. The molecule has 1 aromatic heterocycles. The minimum atomic E-state index is -0.413. The number of pyridine rings is 1. The van der Waals surface area contributed by atoms with E-state index in [1.54, 1.807) is 0 Å². The molecule has 0 spiro atoms. The van der Waals surface area contributed by atoms with E-state index in [4.69, 9.17) is 0 Å². The van der Waals surface area contributed by atoms with Gasteiger partial charge in [-0.25, -0.2) is 19.5 Å². The minimum absolute atomic E-state index is 0.378. The van der Waals surface area contributed by atoms with E-state index in [1.165, 1.54) is 4.90 Å². The fraction of sp³-hybridized carbons (Fsp3) is 0.423. The molecule has 180 valence electrons. The number of amides is 4. The van der Waals surface area contributed by atoms with Crippen molar-refractivity contribution >= 4 is 17.9 Å². The summed E-state index contributed by atoms with van der Waals surface area (Å²) in [5, 5.41) is 5.78. The Hall–Kier alpha value is -3.39. The van der Waals surface area contributed by atoms with Gasteiger partial charge < -0.3 is 20.4 Å². The second kappa shape index (κ2) is 10.7. The van der Waals surface area contributed by atoms with Crippen LogP contribution in [0.3, 0.4) is 0 Å². The highest BCUT2D eigenvalue weighted by molar-refractivity contribution is 5.96. The van der Waals surface area contributed by atoms with Crippen molar-refractivity contribution < 1.29 is 9.59 Å². The van der Waals surface area contributed by atoms with Crippen LogP contribution in [0.5, 0.6) is 0 Å². The van der Waals surface area contributed by atoms with Crippen molar-refractivity contribution in [1.29, 1.82) is 0 Å². The minimum Gasteiger partial charge on any atom is -0.357 e. The molecule has 0 saturated carbocycles. The third-order valence-corrected chi connectivity index (χ3v) is 6.91. The molecule has 34 heavy (non-hydrogen) atoms. The van der Waals surface area contributed by atoms with Gasteiger partial charge in [0.2, 0.25) is 0 Å². The number of hydrogen-bond acceptors (Lipinski definition) is 5. The number of rotatable bonds is 6. The van der Waals surface area contributed by atoms with Crippen molar-refractivity contribution in [1.82, 2.24) is 25.4 Å². The normalized spacial score (nSPS) is 19.4. The summed E-state index contributed by atoms with van der Waals surface area (Å²) in [6.45, 7) is 6.96. The highest BCUT2D eigenvalue weighted by atomic mass is 16.2. The molecular weight excluding hydrogens is 428 g/mol. The van der Waals surface area contributed by atoms with Gasteiger partial charge in [0.1, 0.15) is 5.82 Å². The Morgan fingerprint density at radius 1 is 1.12 bits per heavy atom. The number of allylic oxidation sites excluding steroid dienone is 1. The highest BCUT2D eigenvalue weighted by Crippen LogP contribution is 2.33. The quantitative estimate of drug-likeness (QED) is 0.683. The van der Waals surface area contributed by atoms with Crippen LogP contribution in [0.4, 0.5) is 15.4 Å². The zero-order valence-corrected chi connectivity index (χ0v) is 20.2. The van der Waals surface area contributed by atoms with Gasteiger partial charge in [0.25, 0.3) is 0 Å². The number of benzene rings is 1. The number of nitrogens with one attached hydrogen (secondary N) is 2. The molecule has 0 aliphatic carbocycles. The summed E-state index contributed by atoms with van der Waals surface area (Å²) in [5.41, 5.74) is 2.67. The third kappa shape index (κ3) is 5.22. The topological polar surface area (TPSA) is 80.8 Å². The third-order valence-electron chi connectivity index (χ3n) is 6.91. The van der Waals surface area contributed by atoms with Crippen molar-refractivity contribution in [3.8, 4) is 0 Å². The summed E-state index contributed by atoms with van der Waals surface area (Å²) < 4.78 is 0. The summed E-state index contributed by atoms with van der Waals surface area (Å²) in [4.78, 5) is 36.2. The highest BCUT2D eigenvalue weighted by Gasteiger charge is 2.36. The second-order valence-corrected chi connectivity index (χ2v) is 9.04. The monoisotopic (exact) mass is 462 g/mol. The molecule has 1 saturated heterocycles. The van der Waals surface area contributed by atoms with Gasteiger partial charge in [-0.3, -0.25) is 0 Å². The van der Waals surface area contributed by atoms with Crippen LogP contribution in [-0.4, -0.2) is 66.1 Å². The molecule has 8 heteroatoms. The fourth-order valence-corrected chi connectivity index (χ4v) is 4.76. The lowest BCUT2D eigenvalue weighted by molar-refractivity contribution is 0.168. The van der Waals surface area contributed by atoms with Crippen molar-refractivity contribution in [2.24, 2.45) is 0 Å². The van der Waals surface area contributed by atoms with E-state index in [0.717, 1.165) is 55.1 Å². The summed E-state index contributed by atoms with van der Waals surface area (Å²) in [6.07, 6.45) is 3.93. The van der Waals surface area contributed by atoms with Crippen LogP contribution < -0.4 is 15.5 Å². The predicted octanol–water partition coefficient (Wildman–Crippen LogP) is 3.75. The molecule has 1 atom stereocenters. The van der Waals surface area contributed by atoms with Gasteiger partial charge in [-0.15, -0.1) is 0 Å². The SMILES string of the molecule is CC1=C(C)[C@H](c2ccccc2)N(C(=O)NCCN(C)C2CCN(c3ccccn3)CC2)C(=O)N1. The molecule has 1 aromatic carbocycles. The lowest BCUT2D eigenvalue weighted by atomic mass is 9.95. The summed E-state index contributed by atoms with van der Waals surface area (Å²) in [5.74, 6) is 1.03. The van der Waals surface area contributed by atoms with Gasteiger partial charge in [-0.1, -0.05) is 36.4 Å². The summed E-state index contributed by atoms with van der Waals surface area (Å²) >= 11 is 0. The Bertz CT molecular complexity index is 1020. The van der Waals surface area contributed by atoms with Crippen molar-refractivity contribution in [2.45, 2.75) is 38.8 Å². The standard InChI is InChI=1S/C26H34N6O2/c1-19-20(2)29-26(34)32(24(19)21-9-5-4-6-10-21)25(33)28-15-18-30(3)22-12-16-31(17-13-22)23-11-7-8-14-27-23/h4-11,14,22,24H,12-13,15-18H2,1-3H3,(H,28,33)(H,29,34)/t24-/m1/s1. The number of urea groups is 2. The largest absolute Gasteiger partial charge is 0.357 e. The van der Waals surface area contributed by atoms with Crippen LogP contribution in [0.1, 0.15) is 38.3 Å². The van der Waals surface area contributed by atoms with Gasteiger partial charge in [-0.05, 0) is 57.0 Å². The van der Waals surface area contributed by atoms with E-state index < -0.39 is 12.1 Å². The molecule has 2 N–H and O–H groups in total. The number of imide groups is 1. The van der Waals surface area contributed by atoms with Crippen LogP contribution in [0.15, 0.2) is 66.0 Å². The molecule has 4 rings (SSSR count). The number of likely N-dealkylation sites (N-methyl/N-ethyl adjacent to an activating group) is 1. The number of piperidine rings is 1. The number of anilines is 1. The van der Waals surface area contributed by atoms with E-state index in [0.29, 0.717) is 12.6 Å². The van der Waals surface area contributed by atoms with Crippen molar-refractivity contribution in [3.05, 3.63) is 71.6 Å². The molecule has 0 unspecified atom stereocenters. The van der Waals surface area contributed by atoms with Crippen LogP contribution in [0.2, 0.25) is 0 Å². The number of aromatic nitrogens is 1. The Morgan fingerprint density at radius 3 is 2.50 bits per heavy atom. The lowest BCUT2D eigenvalue weighted by Crippen LogP contribution is -2.54. The van der Waals surface area contributed by atoms with E-state index in [-0.39, 0.29) is 6.03 Å². The number of hydrogen-bond donors (Lipinski definition) is 2. The van der Waals surface area contributed by atoms with Gasteiger partial charge in [0.15, 0.2) is 0 Å². The first-order valence-electron chi connectivity index (χ1n) is 11.9. The van der Waals surface area contributed by atoms with E-state index in [1.807, 2.05) is 62.5 Å². The maximum atomic E-state index is 13.1. The Balaban J connectivity index is 1.31. The molecule has 2 aliphatic heterocycles. The smallest absolute Gasteiger partial charge is 0.330 e. The van der Waals surface area contributed by atoms with Crippen LogP contribution in [0.25, 0.3) is 0 Å². The second-order valence-electron chi connectivity index (χ2n) is 9.04. The molecule has 2 aromatic rings. The molecule has 2 aliphatic rings. The molecule has 3 heterocycles. The zero-order chi connectivity index (χ0) is 24.1. The molecular formula is C26H34N6O2.